The molecule has 5 atom stereocenters. The summed E-state index contributed by atoms with van der Waals surface area (Å²) in [7, 11) is 0. The summed E-state index contributed by atoms with van der Waals surface area (Å²) in [5, 5.41) is 0.533. The fourth-order valence-electron chi connectivity index (χ4n) is 2.93. The SMILES string of the molecule is CC(=O)OC[C@H]1O[C@@H](Sc2ccc(Cl)cc2)[C@@H](OC(C)=O)[C@@H](OC(C)=O)[C@@H]1OC(C)=O. The molecular formula is C20H23ClO9S. The summed E-state index contributed by atoms with van der Waals surface area (Å²) < 4.78 is 27.2. The number of hydrogen-bond acceptors (Lipinski definition) is 10. The van der Waals surface area contributed by atoms with Crippen molar-refractivity contribution in [3.63, 3.8) is 0 Å². The second kappa shape index (κ2) is 11.4. The Morgan fingerprint density at radius 2 is 1.35 bits per heavy atom. The minimum atomic E-state index is -1.19. The smallest absolute Gasteiger partial charge is 0.303 e. The Balaban J connectivity index is 2.43. The maximum atomic E-state index is 11.8. The fraction of sp³-hybridized carbons (Fsp3) is 0.500. The highest BCUT2D eigenvalue weighted by Gasteiger charge is 2.52. The van der Waals surface area contributed by atoms with Gasteiger partial charge in [-0.2, -0.15) is 0 Å². The van der Waals surface area contributed by atoms with Crippen molar-refractivity contribution in [1.82, 2.24) is 0 Å². The molecule has 0 amide bonds. The van der Waals surface area contributed by atoms with Gasteiger partial charge in [-0.3, -0.25) is 19.2 Å². The molecule has 0 saturated carbocycles. The predicted molar refractivity (Wildman–Crippen MR) is 109 cm³/mol. The molecule has 31 heavy (non-hydrogen) atoms. The van der Waals surface area contributed by atoms with E-state index >= 15 is 0 Å². The van der Waals surface area contributed by atoms with E-state index < -0.39 is 53.7 Å². The van der Waals surface area contributed by atoms with Crippen LogP contribution < -0.4 is 0 Å². The Hall–Kier alpha value is -2.30. The average Bonchev–Trinajstić information content (AvgIpc) is 2.65. The van der Waals surface area contributed by atoms with E-state index in [9.17, 15) is 19.2 Å². The lowest BCUT2D eigenvalue weighted by molar-refractivity contribution is -0.237. The molecular weight excluding hydrogens is 452 g/mol. The Morgan fingerprint density at radius 3 is 1.87 bits per heavy atom. The van der Waals surface area contributed by atoms with Gasteiger partial charge in [0.15, 0.2) is 18.3 Å². The Kier molecular flexibility index (Phi) is 9.15. The molecule has 0 unspecified atom stereocenters. The van der Waals surface area contributed by atoms with Crippen LogP contribution in [-0.2, 0) is 42.9 Å². The van der Waals surface area contributed by atoms with Gasteiger partial charge in [0.1, 0.15) is 18.1 Å². The monoisotopic (exact) mass is 474 g/mol. The van der Waals surface area contributed by atoms with E-state index in [-0.39, 0.29) is 6.61 Å². The molecule has 1 aliphatic rings. The summed E-state index contributed by atoms with van der Waals surface area (Å²) in [6, 6.07) is 6.83. The number of hydrogen-bond donors (Lipinski definition) is 0. The van der Waals surface area contributed by atoms with Crippen LogP contribution in [-0.4, -0.2) is 60.3 Å². The molecule has 0 N–H and O–H groups in total. The number of carbonyl (C=O) groups is 4. The van der Waals surface area contributed by atoms with Crippen molar-refractivity contribution in [3.05, 3.63) is 29.3 Å². The van der Waals surface area contributed by atoms with Crippen LogP contribution >= 0.6 is 23.4 Å². The third kappa shape index (κ3) is 7.71. The van der Waals surface area contributed by atoms with Gasteiger partial charge in [0, 0.05) is 37.6 Å². The number of benzene rings is 1. The first-order chi connectivity index (χ1) is 14.6. The van der Waals surface area contributed by atoms with E-state index in [1.807, 2.05) is 0 Å². The molecule has 1 aromatic rings. The van der Waals surface area contributed by atoms with Gasteiger partial charge >= 0.3 is 23.9 Å². The van der Waals surface area contributed by atoms with Gasteiger partial charge in [-0.1, -0.05) is 23.4 Å². The van der Waals surface area contributed by atoms with Crippen LogP contribution in [0.2, 0.25) is 5.02 Å². The van der Waals surface area contributed by atoms with Gasteiger partial charge in [0.05, 0.1) is 0 Å². The van der Waals surface area contributed by atoms with Crippen molar-refractivity contribution in [3.8, 4) is 0 Å². The Morgan fingerprint density at radius 1 is 0.839 bits per heavy atom. The molecule has 1 heterocycles. The molecule has 1 aliphatic heterocycles. The zero-order valence-electron chi connectivity index (χ0n) is 17.4. The molecule has 0 aliphatic carbocycles. The van der Waals surface area contributed by atoms with Gasteiger partial charge in [-0.25, -0.2) is 0 Å². The molecule has 0 spiro atoms. The number of thioether (sulfide) groups is 1. The minimum Gasteiger partial charge on any atom is -0.463 e. The summed E-state index contributed by atoms with van der Waals surface area (Å²) in [4.78, 5) is 47.4. The molecule has 1 aromatic carbocycles. The van der Waals surface area contributed by atoms with Crippen molar-refractivity contribution in [1.29, 1.82) is 0 Å². The molecule has 9 nitrogen and oxygen atoms in total. The first-order valence-electron chi connectivity index (χ1n) is 9.29. The van der Waals surface area contributed by atoms with Gasteiger partial charge < -0.3 is 23.7 Å². The Labute approximate surface area is 188 Å². The highest BCUT2D eigenvalue weighted by molar-refractivity contribution is 7.99. The van der Waals surface area contributed by atoms with Crippen LogP contribution in [0.25, 0.3) is 0 Å². The van der Waals surface area contributed by atoms with Gasteiger partial charge in [-0.05, 0) is 24.3 Å². The summed E-state index contributed by atoms with van der Waals surface area (Å²) in [6.07, 6.45) is -4.45. The van der Waals surface area contributed by atoms with Gasteiger partial charge in [-0.15, -0.1) is 0 Å². The second-order valence-electron chi connectivity index (χ2n) is 6.64. The van der Waals surface area contributed by atoms with E-state index in [0.29, 0.717) is 5.02 Å². The lowest BCUT2D eigenvalue weighted by Crippen LogP contribution is -2.61. The second-order valence-corrected chi connectivity index (χ2v) is 8.25. The lowest BCUT2D eigenvalue weighted by atomic mass is 9.99. The van der Waals surface area contributed by atoms with Crippen LogP contribution in [0, 0.1) is 0 Å². The van der Waals surface area contributed by atoms with E-state index in [0.717, 1.165) is 4.90 Å². The first-order valence-corrected chi connectivity index (χ1v) is 10.5. The summed E-state index contributed by atoms with van der Waals surface area (Å²) in [5.41, 5.74) is -0.873. The largest absolute Gasteiger partial charge is 0.463 e. The Bertz CT molecular complexity index is 813. The summed E-state index contributed by atoms with van der Waals surface area (Å²) >= 11 is 7.11. The van der Waals surface area contributed by atoms with Crippen molar-refractivity contribution in [2.24, 2.45) is 0 Å². The number of carbonyl (C=O) groups excluding carboxylic acids is 4. The van der Waals surface area contributed by atoms with Crippen LogP contribution in [0.1, 0.15) is 27.7 Å². The van der Waals surface area contributed by atoms with E-state index in [1.54, 1.807) is 24.3 Å². The predicted octanol–water partition coefficient (Wildman–Crippen LogP) is 2.52. The lowest BCUT2D eigenvalue weighted by Gasteiger charge is -2.44. The molecule has 11 heteroatoms. The van der Waals surface area contributed by atoms with Crippen LogP contribution in [0.15, 0.2) is 29.2 Å². The van der Waals surface area contributed by atoms with Gasteiger partial charge in [0.25, 0.3) is 0 Å². The van der Waals surface area contributed by atoms with E-state index in [1.165, 1.54) is 39.5 Å². The standard InChI is InChI=1S/C20H23ClO9S/c1-10(22)26-9-16-17(27-11(2)23)18(28-12(3)24)19(29-13(4)25)20(30-16)31-15-7-5-14(21)6-8-15/h5-8,16-20H,9H2,1-4H3/t16-,17-,18+,19+,20+/m1/s1. The average molecular weight is 475 g/mol. The molecule has 1 saturated heterocycles. The van der Waals surface area contributed by atoms with Crippen LogP contribution in [0.5, 0.6) is 0 Å². The quantitative estimate of drug-likeness (QED) is 0.431. The maximum Gasteiger partial charge on any atom is 0.303 e. The zero-order valence-corrected chi connectivity index (χ0v) is 18.9. The topological polar surface area (TPSA) is 114 Å². The molecule has 170 valence electrons. The summed E-state index contributed by atoms with van der Waals surface area (Å²) in [6.45, 7) is 4.49. The molecule has 2 rings (SSSR count). The maximum absolute atomic E-state index is 11.8. The number of halogens is 1. The normalized spacial score (nSPS) is 25.3. The van der Waals surface area contributed by atoms with Crippen molar-refractivity contribution in [2.45, 2.75) is 62.4 Å². The fourth-order valence-corrected chi connectivity index (χ4v) is 4.16. The molecule has 0 aromatic heterocycles. The van der Waals surface area contributed by atoms with Crippen molar-refractivity contribution in [2.75, 3.05) is 6.61 Å². The van der Waals surface area contributed by atoms with Crippen LogP contribution in [0.4, 0.5) is 0 Å². The van der Waals surface area contributed by atoms with Crippen molar-refractivity contribution >= 4 is 47.2 Å². The summed E-state index contributed by atoms with van der Waals surface area (Å²) in [5.74, 6) is -2.57. The molecule has 0 radical (unpaired) electrons. The number of esters is 4. The highest BCUT2D eigenvalue weighted by Crippen LogP contribution is 2.37. The van der Waals surface area contributed by atoms with Gasteiger partial charge in [0.2, 0.25) is 0 Å². The first kappa shape index (κ1) is 25.0. The third-order valence-corrected chi connectivity index (χ3v) is 5.42. The third-order valence-electron chi connectivity index (χ3n) is 4.01. The highest BCUT2D eigenvalue weighted by atomic mass is 35.5. The molecule has 1 fully saturated rings. The number of ether oxygens (including phenoxy) is 5. The molecule has 0 bridgehead atoms. The van der Waals surface area contributed by atoms with E-state index in [4.69, 9.17) is 35.3 Å². The van der Waals surface area contributed by atoms with Crippen molar-refractivity contribution < 1.29 is 42.9 Å². The zero-order chi connectivity index (χ0) is 23.1. The van der Waals surface area contributed by atoms with E-state index in [2.05, 4.69) is 0 Å². The number of rotatable bonds is 7. The minimum absolute atomic E-state index is 0.268. The van der Waals surface area contributed by atoms with Crippen LogP contribution in [0.3, 0.4) is 0 Å².